The monoisotopic (exact) mass is 255 g/mol. The molecule has 1 heterocycles. The zero-order valence-electron chi connectivity index (χ0n) is 10.5. The topological polar surface area (TPSA) is 60.2 Å². The molecule has 5 heteroatoms. The molecule has 0 spiro atoms. The van der Waals surface area contributed by atoms with Crippen LogP contribution in [0.5, 0.6) is 0 Å². The summed E-state index contributed by atoms with van der Waals surface area (Å²) in [4.78, 5) is 4.48. The second kappa shape index (κ2) is 5.44. The van der Waals surface area contributed by atoms with E-state index in [-0.39, 0.29) is 11.6 Å². The van der Waals surface area contributed by atoms with Crippen LogP contribution in [0.4, 0.5) is 0 Å². The summed E-state index contributed by atoms with van der Waals surface area (Å²) in [5.74, 6) is 5.64. The average molecular weight is 255 g/mol. The van der Waals surface area contributed by atoms with Gasteiger partial charge in [-0.1, -0.05) is 0 Å². The van der Waals surface area contributed by atoms with Crippen LogP contribution in [0.15, 0.2) is 5.38 Å². The van der Waals surface area contributed by atoms with E-state index in [1.54, 1.807) is 18.4 Å². The second-order valence-corrected chi connectivity index (χ2v) is 5.93. The molecule has 1 aliphatic rings. The van der Waals surface area contributed by atoms with E-state index in [4.69, 9.17) is 10.6 Å². The number of nitrogens with zero attached hydrogens (tertiary/aromatic N) is 1. The molecule has 1 aromatic heterocycles. The summed E-state index contributed by atoms with van der Waals surface area (Å²) in [5.41, 5.74) is 4.09. The normalized spacial score (nSPS) is 19.9. The minimum Gasteiger partial charge on any atom is -0.378 e. The van der Waals surface area contributed by atoms with Crippen LogP contribution in [0.3, 0.4) is 0 Å². The molecule has 3 N–H and O–H groups in total. The molecule has 1 aliphatic carbocycles. The largest absolute Gasteiger partial charge is 0.378 e. The summed E-state index contributed by atoms with van der Waals surface area (Å²) in [6, 6.07) is 0.247. The van der Waals surface area contributed by atoms with E-state index in [1.165, 1.54) is 6.42 Å². The van der Waals surface area contributed by atoms with Crippen molar-refractivity contribution in [2.24, 2.45) is 5.84 Å². The van der Waals surface area contributed by atoms with Gasteiger partial charge in [-0.3, -0.25) is 11.3 Å². The van der Waals surface area contributed by atoms with Gasteiger partial charge in [0, 0.05) is 25.0 Å². The fourth-order valence-corrected chi connectivity index (χ4v) is 3.08. The number of hydrogen-bond acceptors (Lipinski definition) is 5. The molecule has 0 aliphatic heterocycles. The third-order valence-electron chi connectivity index (χ3n) is 3.67. The van der Waals surface area contributed by atoms with Gasteiger partial charge in [-0.15, -0.1) is 11.3 Å². The predicted molar refractivity (Wildman–Crippen MR) is 69.9 cm³/mol. The summed E-state index contributed by atoms with van der Waals surface area (Å²) in [6.45, 7) is 2.03. The molecule has 1 fully saturated rings. The maximum absolute atomic E-state index is 5.64. The number of hydrazine groups is 1. The molecule has 96 valence electrons. The number of ether oxygens (including phenoxy) is 1. The van der Waals surface area contributed by atoms with Crippen LogP contribution in [-0.4, -0.2) is 23.7 Å². The number of hydrogen-bond donors (Lipinski definition) is 2. The van der Waals surface area contributed by atoms with Crippen molar-refractivity contribution in [2.75, 3.05) is 7.11 Å². The Morgan fingerprint density at radius 3 is 2.82 bits per heavy atom. The van der Waals surface area contributed by atoms with Gasteiger partial charge in [-0.25, -0.2) is 4.98 Å². The molecule has 1 unspecified atom stereocenters. The Balaban J connectivity index is 1.92. The van der Waals surface area contributed by atoms with Crippen LogP contribution in [0.1, 0.15) is 36.4 Å². The number of thiazole rings is 1. The van der Waals surface area contributed by atoms with E-state index in [9.17, 15) is 0 Å². The van der Waals surface area contributed by atoms with Crippen LogP contribution >= 0.6 is 11.3 Å². The smallest absolute Gasteiger partial charge is 0.0897 e. The van der Waals surface area contributed by atoms with E-state index in [0.29, 0.717) is 0 Å². The van der Waals surface area contributed by atoms with Gasteiger partial charge in [-0.2, -0.15) is 0 Å². The lowest BCUT2D eigenvalue weighted by Crippen LogP contribution is -2.48. The van der Waals surface area contributed by atoms with Gasteiger partial charge in [0.2, 0.25) is 0 Å². The van der Waals surface area contributed by atoms with E-state index >= 15 is 0 Å². The first-order chi connectivity index (χ1) is 8.17. The molecule has 1 atom stereocenters. The Kier molecular flexibility index (Phi) is 4.14. The van der Waals surface area contributed by atoms with Gasteiger partial charge in [0.15, 0.2) is 0 Å². The Morgan fingerprint density at radius 1 is 1.65 bits per heavy atom. The minimum atomic E-state index is 0.0576. The molecule has 0 radical (unpaired) electrons. The molecule has 2 rings (SSSR count). The fourth-order valence-electron chi connectivity index (χ4n) is 2.46. The van der Waals surface area contributed by atoms with Crippen molar-refractivity contribution in [1.29, 1.82) is 0 Å². The van der Waals surface area contributed by atoms with Crippen LogP contribution in [0.25, 0.3) is 0 Å². The van der Waals surface area contributed by atoms with E-state index in [0.717, 1.165) is 36.4 Å². The summed E-state index contributed by atoms with van der Waals surface area (Å²) in [6.07, 6.45) is 5.42. The first-order valence-electron chi connectivity index (χ1n) is 6.10. The predicted octanol–water partition coefficient (Wildman–Crippen LogP) is 1.79. The van der Waals surface area contributed by atoms with Gasteiger partial charge >= 0.3 is 0 Å². The van der Waals surface area contributed by atoms with Crippen molar-refractivity contribution in [3.05, 3.63) is 16.1 Å². The van der Waals surface area contributed by atoms with E-state index in [2.05, 4.69) is 15.8 Å². The number of nitrogens with two attached hydrogens (primary N) is 1. The van der Waals surface area contributed by atoms with Gasteiger partial charge in [-0.05, 0) is 32.6 Å². The molecular weight excluding hydrogens is 234 g/mol. The highest BCUT2D eigenvalue weighted by Gasteiger charge is 2.38. The van der Waals surface area contributed by atoms with Gasteiger partial charge in [0.1, 0.15) is 0 Å². The highest BCUT2D eigenvalue weighted by atomic mass is 32.1. The first kappa shape index (κ1) is 13.0. The number of aromatic nitrogens is 1. The van der Waals surface area contributed by atoms with Crippen LogP contribution in [-0.2, 0) is 11.2 Å². The molecule has 0 saturated heterocycles. The van der Waals surface area contributed by atoms with Crippen LogP contribution < -0.4 is 11.3 Å². The molecular formula is C12H21N3OS. The number of aryl methyl sites for hydroxylation is 1. The molecule has 17 heavy (non-hydrogen) atoms. The number of methoxy groups -OCH3 is 1. The lowest BCUT2D eigenvalue weighted by molar-refractivity contribution is -0.0834. The molecule has 0 amide bonds. The zero-order valence-corrected chi connectivity index (χ0v) is 11.3. The van der Waals surface area contributed by atoms with Crippen molar-refractivity contribution >= 4 is 11.3 Å². The first-order valence-corrected chi connectivity index (χ1v) is 6.98. The molecule has 0 bridgehead atoms. The van der Waals surface area contributed by atoms with Crippen molar-refractivity contribution in [1.82, 2.24) is 10.4 Å². The highest BCUT2D eigenvalue weighted by Crippen LogP contribution is 2.39. The minimum absolute atomic E-state index is 0.0576. The molecule has 4 nitrogen and oxygen atoms in total. The van der Waals surface area contributed by atoms with Crippen molar-refractivity contribution in [3.63, 3.8) is 0 Å². The third kappa shape index (κ3) is 3.04. The van der Waals surface area contributed by atoms with Gasteiger partial charge in [0.25, 0.3) is 0 Å². The van der Waals surface area contributed by atoms with E-state index < -0.39 is 0 Å². The fraction of sp³-hybridized carbons (Fsp3) is 0.750. The zero-order chi connectivity index (χ0) is 12.3. The Bertz CT molecular complexity index is 357. The standard InChI is InChI=1S/C12H21N3OS/c1-9-14-11(8-17-9)6-10(15-13)7-12(16-2)4-3-5-12/h8,10,15H,3-7,13H2,1-2H3. The van der Waals surface area contributed by atoms with Crippen LogP contribution in [0, 0.1) is 6.92 Å². The van der Waals surface area contributed by atoms with Gasteiger partial charge < -0.3 is 4.74 Å². The van der Waals surface area contributed by atoms with Crippen molar-refractivity contribution < 1.29 is 4.74 Å². The second-order valence-electron chi connectivity index (χ2n) is 4.87. The number of rotatable bonds is 6. The van der Waals surface area contributed by atoms with Gasteiger partial charge in [0.05, 0.1) is 16.3 Å². The van der Waals surface area contributed by atoms with Crippen molar-refractivity contribution in [2.45, 2.75) is 50.7 Å². The van der Waals surface area contributed by atoms with Crippen LogP contribution in [0.2, 0.25) is 0 Å². The molecule has 0 aromatic carbocycles. The van der Waals surface area contributed by atoms with E-state index in [1.807, 2.05) is 6.92 Å². The third-order valence-corrected chi connectivity index (χ3v) is 4.50. The Morgan fingerprint density at radius 2 is 2.41 bits per heavy atom. The Hall–Kier alpha value is -0.490. The number of nitrogens with one attached hydrogen (secondary N) is 1. The van der Waals surface area contributed by atoms with Crippen molar-refractivity contribution in [3.8, 4) is 0 Å². The SMILES string of the molecule is COC1(CC(Cc2csc(C)n2)NN)CCC1. The Labute approximate surface area is 107 Å². The quantitative estimate of drug-likeness (QED) is 0.601. The summed E-state index contributed by atoms with van der Waals surface area (Å²) < 4.78 is 5.64. The molecule has 1 saturated carbocycles. The molecule has 1 aromatic rings. The maximum atomic E-state index is 5.64. The lowest BCUT2D eigenvalue weighted by Gasteiger charge is -2.42. The summed E-state index contributed by atoms with van der Waals surface area (Å²) in [7, 11) is 1.81. The summed E-state index contributed by atoms with van der Waals surface area (Å²) in [5, 5.41) is 3.22. The summed E-state index contributed by atoms with van der Waals surface area (Å²) >= 11 is 1.69. The highest BCUT2D eigenvalue weighted by molar-refractivity contribution is 7.09. The lowest BCUT2D eigenvalue weighted by atomic mass is 9.75. The maximum Gasteiger partial charge on any atom is 0.0897 e. The average Bonchev–Trinajstić information content (AvgIpc) is 2.67.